The molecular weight excluding hydrogens is 456 g/mol. The maximum atomic E-state index is 13.8. The van der Waals surface area contributed by atoms with Crippen molar-refractivity contribution in [2.45, 2.75) is 38.8 Å². The molecule has 0 unspecified atom stereocenters. The van der Waals surface area contributed by atoms with E-state index in [1.807, 2.05) is 73.7 Å². The lowest BCUT2D eigenvalue weighted by molar-refractivity contribution is -0.126. The third kappa shape index (κ3) is 4.20. The van der Waals surface area contributed by atoms with E-state index in [0.717, 1.165) is 29.7 Å². The second-order valence-electron chi connectivity index (χ2n) is 9.12. The summed E-state index contributed by atoms with van der Waals surface area (Å²) < 4.78 is 11.5. The largest absolute Gasteiger partial charge is 0.493 e. The zero-order chi connectivity index (χ0) is 25.2. The molecule has 2 amide bonds. The van der Waals surface area contributed by atoms with E-state index >= 15 is 0 Å². The Kier molecular flexibility index (Phi) is 6.65. The Hall–Kier alpha value is -3.84. The van der Waals surface area contributed by atoms with Gasteiger partial charge in [-0.25, -0.2) is 9.96 Å². The summed E-state index contributed by atoms with van der Waals surface area (Å²) >= 11 is 0. The summed E-state index contributed by atoms with van der Waals surface area (Å²) in [5, 5.41) is 1.69. The van der Waals surface area contributed by atoms with Crippen LogP contribution in [0.3, 0.4) is 0 Å². The highest BCUT2D eigenvalue weighted by molar-refractivity contribution is 6.24. The fourth-order valence-corrected chi connectivity index (χ4v) is 4.89. The first-order valence-corrected chi connectivity index (χ1v) is 12.3. The number of hydrogen-bond donors (Lipinski definition) is 0. The van der Waals surface area contributed by atoms with Crippen LogP contribution in [-0.2, 0) is 14.4 Å². The van der Waals surface area contributed by atoms with Crippen LogP contribution in [-0.4, -0.2) is 31.6 Å². The number of aryl methyl sites for hydroxylation is 1. The van der Waals surface area contributed by atoms with Gasteiger partial charge in [0.15, 0.2) is 17.6 Å². The SMILES string of the molecule is CCCCOc1ccc([C@H]2[C@H]3C(=O)N(c4cccc(C)c4)C(=O)[C@@H]3ON2c2ccccc2)cc1OC. The second kappa shape index (κ2) is 10.0. The van der Waals surface area contributed by atoms with Crippen LogP contribution in [0.2, 0.25) is 0 Å². The highest BCUT2D eigenvalue weighted by Crippen LogP contribution is 2.48. The predicted molar refractivity (Wildman–Crippen MR) is 137 cm³/mol. The third-order valence-corrected chi connectivity index (χ3v) is 6.67. The minimum atomic E-state index is -0.922. The second-order valence-corrected chi connectivity index (χ2v) is 9.12. The van der Waals surface area contributed by atoms with Gasteiger partial charge in [0, 0.05) is 0 Å². The topological polar surface area (TPSA) is 68.3 Å². The van der Waals surface area contributed by atoms with E-state index in [0.29, 0.717) is 23.8 Å². The number of carbonyl (C=O) groups is 2. The molecule has 3 atom stereocenters. The lowest BCUT2D eigenvalue weighted by atomic mass is 9.90. The number of rotatable bonds is 8. The van der Waals surface area contributed by atoms with Crippen molar-refractivity contribution in [1.29, 1.82) is 0 Å². The van der Waals surface area contributed by atoms with E-state index in [2.05, 4.69) is 6.92 Å². The van der Waals surface area contributed by atoms with Gasteiger partial charge in [-0.3, -0.25) is 14.4 Å². The molecule has 7 nitrogen and oxygen atoms in total. The maximum Gasteiger partial charge on any atom is 0.266 e. The van der Waals surface area contributed by atoms with Gasteiger partial charge in [0.2, 0.25) is 5.91 Å². The molecule has 0 bridgehead atoms. The summed E-state index contributed by atoms with van der Waals surface area (Å²) in [6, 6.07) is 22.0. The standard InChI is InChI=1S/C29H30N2O5/c1-4-5-16-35-23-15-14-20(18-24(23)34-3)26-25-27(36-31(26)21-11-7-6-8-12-21)29(33)30(28(25)32)22-13-9-10-19(2)17-22/h6-15,17-18,25-27H,4-5,16H2,1-3H3/t25-,26+,27-/m1/s1. The van der Waals surface area contributed by atoms with Crippen molar-refractivity contribution in [2.24, 2.45) is 5.92 Å². The molecule has 0 radical (unpaired) electrons. The normalized spacial score (nSPS) is 21.1. The van der Waals surface area contributed by atoms with Crippen LogP contribution >= 0.6 is 0 Å². The van der Waals surface area contributed by atoms with E-state index in [-0.39, 0.29) is 11.8 Å². The summed E-state index contributed by atoms with van der Waals surface area (Å²) in [6.45, 7) is 4.64. The number of ether oxygens (including phenoxy) is 2. The molecule has 2 heterocycles. The average Bonchev–Trinajstić information content (AvgIpc) is 3.40. The first kappa shape index (κ1) is 23.9. The van der Waals surface area contributed by atoms with Gasteiger partial charge < -0.3 is 9.47 Å². The van der Waals surface area contributed by atoms with Crippen molar-refractivity contribution in [3.63, 3.8) is 0 Å². The molecule has 2 saturated heterocycles. The van der Waals surface area contributed by atoms with E-state index in [1.165, 1.54) is 4.90 Å². The summed E-state index contributed by atoms with van der Waals surface area (Å²) in [4.78, 5) is 34.8. The van der Waals surface area contributed by atoms with Gasteiger partial charge in [-0.05, 0) is 60.9 Å². The molecule has 0 aromatic heterocycles. The van der Waals surface area contributed by atoms with Crippen LogP contribution in [0.4, 0.5) is 11.4 Å². The minimum absolute atomic E-state index is 0.277. The lowest BCUT2D eigenvalue weighted by Crippen LogP contribution is -2.37. The summed E-state index contributed by atoms with van der Waals surface area (Å²) in [5.74, 6) is -0.124. The molecule has 2 aliphatic rings. The molecular formula is C29H30N2O5. The molecule has 0 aliphatic carbocycles. The number of amides is 2. The zero-order valence-corrected chi connectivity index (χ0v) is 20.7. The van der Waals surface area contributed by atoms with Crippen molar-refractivity contribution in [2.75, 3.05) is 23.7 Å². The molecule has 3 aromatic carbocycles. The number of fused-ring (bicyclic) bond motifs is 1. The molecule has 5 rings (SSSR count). The van der Waals surface area contributed by atoms with Gasteiger partial charge in [0.05, 0.1) is 31.1 Å². The molecule has 2 fully saturated rings. The Morgan fingerprint density at radius 2 is 1.67 bits per heavy atom. The molecule has 0 saturated carbocycles. The van der Waals surface area contributed by atoms with Crippen LogP contribution in [0, 0.1) is 12.8 Å². The Labute approximate surface area is 211 Å². The summed E-state index contributed by atoms with van der Waals surface area (Å²) in [6.07, 6.45) is 1.05. The van der Waals surface area contributed by atoms with E-state index < -0.39 is 18.1 Å². The lowest BCUT2D eigenvalue weighted by Gasteiger charge is -2.29. The Balaban J connectivity index is 1.55. The summed E-state index contributed by atoms with van der Waals surface area (Å²) in [5.41, 5.74) is 3.10. The molecule has 36 heavy (non-hydrogen) atoms. The van der Waals surface area contributed by atoms with Crippen LogP contribution < -0.4 is 19.4 Å². The van der Waals surface area contributed by atoms with Gasteiger partial charge in [-0.2, -0.15) is 0 Å². The first-order chi connectivity index (χ1) is 17.5. The number of methoxy groups -OCH3 is 1. The number of hydrogen-bond acceptors (Lipinski definition) is 6. The van der Waals surface area contributed by atoms with Crippen molar-refractivity contribution in [1.82, 2.24) is 0 Å². The fourth-order valence-electron chi connectivity index (χ4n) is 4.89. The average molecular weight is 487 g/mol. The van der Waals surface area contributed by atoms with Gasteiger partial charge in [-0.1, -0.05) is 49.7 Å². The van der Waals surface area contributed by atoms with Crippen molar-refractivity contribution >= 4 is 23.2 Å². The van der Waals surface area contributed by atoms with Crippen molar-refractivity contribution in [3.8, 4) is 11.5 Å². The van der Waals surface area contributed by atoms with Gasteiger partial charge in [0.1, 0.15) is 5.92 Å². The zero-order valence-electron chi connectivity index (χ0n) is 20.7. The van der Waals surface area contributed by atoms with Crippen LogP contribution in [0.1, 0.15) is 36.9 Å². The highest BCUT2D eigenvalue weighted by atomic mass is 16.7. The minimum Gasteiger partial charge on any atom is -0.493 e. The van der Waals surface area contributed by atoms with Gasteiger partial charge in [0.25, 0.3) is 5.91 Å². The van der Waals surface area contributed by atoms with E-state index in [4.69, 9.17) is 14.3 Å². The van der Waals surface area contributed by atoms with Crippen LogP contribution in [0.25, 0.3) is 0 Å². The Morgan fingerprint density at radius 3 is 2.39 bits per heavy atom. The molecule has 0 spiro atoms. The van der Waals surface area contributed by atoms with Crippen LogP contribution in [0.5, 0.6) is 11.5 Å². The summed E-state index contributed by atoms with van der Waals surface area (Å²) in [7, 11) is 1.60. The molecule has 3 aromatic rings. The number of imide groups is 1. The van der Waals surface area contributed by atoms with Gasteiger partial charge in [-0.15, -0.1) is 0 Å². The number of para-hydroxylation sites is 1. The number of benzene rings is 3. The Morgan fingerprint density at radius 1 is 0.889 bits per heavy atom. The van der Waals surface area contributed by atoms with E-state index in [1.54, 1.807) is 18.2 Å². The maximum absolute atomic E-state index is 13.8. The molecule has 186 valence electrons. The predicted octanol–water partition coefficient (Wildman–Crippen LogP) is 5.23. The monoisotopic (exact) mass is 486 g/mol. The highest BCUT2D eigenvalue weighted by Gasteiger charge is 2.60. The van der Waals surface area contributed by atoms with Crippen molar-refractivity contribution < 1.29 is 23.9 Å². The Bertz CT molecular complexity index is 1260. The third-order valence-electron chi connectivity index (χ3n) is 6.67. The van der Waals surface area contributed by atoms with E-state index in [9.17, 15) is 9.59 Å². The fraction of sp³-hybridized carbons (Fsp3) is 0.310. The molecule has 7 heteroatoms. The smallest absolute Gasteiger partial charge is 0.266 e. The number of nitrogens with zero attached hydrogens (tertiary/aromatic N) is 2. The van der Waals surface area contributed by atoms with Gasteiger partial charge >= 0.3 is 0 Å². The number of unbranched alkanes of at least 4 members (excludes halogenated alkanes) is 1. The van der Waals surface area contributed by atoms with Crippen LogP contribution in [0.15, 0.2) is 72.8 Å². The number of hydroxylamine groups is 1. The number of anilines is 2. The first-order valence-electron chi connectivity index (χ1n) is 12.3. The molecule has 2 aliphatic heterocycles. The molecule has 0 N–H and O–H groups in total. The van der Waals surface area contributed by atoms with Crippen molar-refractivity contribution in [3.05, 3.63) is 83.9 Å². The quantitative estimate of drug-likeness (QED) is 0.321. The number of carbonyl (C=O) groups excluding carboxylic acids is 2.